The number of fused-ring (bicyclic) bond motifs is 3. The van der Waals surface area contributed by atoms with Crippen LogP contribution in [-0.4, -0.2) is 51.9 Å². The summed E-state index contributed by atoms with van der Waals surface area (Å²) < 4.78 is 0. The number of hydrogen-bond donors (Lipinski definition) is 1. The first kappa shape index (κ1) is 17.9. The van der Waals surface area contributed by atoms with Crippen molar-refractivity contribution in [2.24, 2.45) is 0 Å². The molecule has 148 valence electrons. The van der Waals surface area contributed by atoms with Gasteiger partial charge in [-0.1, -0.05) is 31.2 Å². The monoisotopic (exact) mass is 378 g/mol. The third-order valence-corrected chi connectivity index (χ3v) is 7.40. The van der Waals surface area contributed by atoms with Gasteiger partial charge in [0.05, 0.1) is 17.6 Å². The predicted octanol–water partition coefficient (Wildman–Crippen LogP) is 3.23. The Morgan fingerprint density at radius 3 is 2.86 bits per heavy atom. The largest absolute Gasteiger partial charge is 0.348 e. The number of piperidine rings is 1. The highest BCUT2D eigenvalue weighted by atomic mass is 16.2. The highest BCUT2D eigenvalue weighted by Crippen LogP contribution is 2.42. The van der Waals surface area contributed by atoms with Gasteiger partial charge in [0.15, 0.2) is 0 Å². The summed E-state index contributed by atoms with van der Waals surface area (Å²) in [5.41, 5.74) is 5.38. The molecule has 1 N–H and O–H groups in total. The topological polar surface area (TPSA) is 52.2 Å². The molecule has 1 fully saturated rings. The third kappa shape index (κ3) is 2.79. The number of aryl methyl sites for hydroxylation is 1. The number of carbonyl (C=O) groups excluding carboxylic acids is 1. The van der Waals surface area contributed by atoms with E-state index in [-0.39, 0.29) is 5.54 Å². The van der Waals surface area contributed by atoms with E-state index in [0.717, 1.165) is 58.3 Å². The lowest BCUT2D eigenvalue weighted by Crippen LogP contribution is -2.57. The number of benzene rings is 1. The summed E-state index contributed by atoms with van der Waals surface area (Å²) >= 11 is 0. The van der Waals surface area contributed by atoms with Crippen LogP contribution in [0.5, 0.6) is 0 Å². The van der Waals surface area contributed by atoms with Crippen LogP contribution in [0.25, 0.3) is 0 Å². The van der Waals surface area contributed by atoms with E-state index in [9.17, 15) is 4.79 Å². The van der Waals surface area contributed by atoms with E-state index in [1.54, 1.807) is 0 Å². The fourth-order valence-corrected chi connectivity index (χ4v) is 5.86. The number of imidazole rings is 1. The molecular formula is C23H30N4O. The molecule has 1 amide bonds. The number of nitrogens with zero attached hydrogens (tertiary/aromatic N) is 3. The molecule has 2 aliphatic heterocycles. The number of likely N-dealkylation sites (N-methyl/N-ethyl adjacent to an activating group) is 1. The second-order valence-corrected chi connectivity index (χ2v) is 8.61. The van der Waals surface area contributed by atoms with Crippen LogP contribution in [0.4, 0.5) is 0 Å². The summed E-state index contributed by atoms with van der Waals surface area (Å²) in [6.45, 7) is 6.05. The van der Waals surface area contributed by atoms with Crippen LogP contribution in [0.15, 0.2) is 30.6 Å². The van der Waals surface area contributed by atoms with Crippen molar-refractivity contribution in [2.45, 2.75) is 56.9 Å². The molecule has 1 spiro atoms. The van der Waals surface area contributed by atoms with E-state index in [4.69, 9.17) is 4.98 Å². The molecular weight excluding hydrogens is 348 g/mol. The van der Waals surface area contributed by atoms with Crippen LogP contribution in [0, 0.1) is 0 Å². The molecule has 5 rings (SSSR count). The van der Waals surface area contributed by atoms with Gasteiger partial charge < -0.3 is 9.88 Å². The Hall–Kier alpha value is -2.14. The van der Waals surface area contributed by atoms with Crippen molar-refractivity contribution in [1.29, 1.82) is 0 Å². The molecule has 0 radical (unpaired) electrons. The Labute approximate surface area is 167 Å². The fraction of sp³-hybridized carbons (Fsp3) is 0.565. The lowest BCUT2D eigenvalue weighted by molar-refractivity contribution is -0.134. The summed E-state index contributed by atoms with van der Waals surface area (Å²) in [5.74, 6) is 0.733. The van der Waals surface area contributed by atoms with E-state index in [2.05, 4.69) is 46.0 Å². The number of H-pyrrole nitrogens is 1. The van der Waals surface area contributed by atoms with Crippen molar-refractivity contribution in [3.63, 3.8) is 0 Å². The van der Waals surface area contributed by atoms with Gasteiger partial charge in [-0.15, -0.1) is 0 Å². The van der Waals surface area contributed by atoms with Gasteiger partial charge in [-0.3, -0.25) is 9.69 Å². The number of likely N-dealkylation sites (tertiary alicyclic amines) is 1. The molecule has 5 nitrogen and oxygen atoms in total. The van der Waals surface area contributed by atoms with Crippen molar-refractivity contribution in [1.82, 2.24) is 19.8 Å². The molecule has 0 saturated carbocycles. The minimum Gasteiger partial charge on any atom is -0.348 e. The number of aromatic nitrogens is 2. The maximum absolute atomic E-state index is 13.1. The van der Waals surface area contributed by atoms with Gasteiger partial charge >= 0.3 is 0 Å². The summed E-state index contributed by atoms with van der Waals surface area (Å²) in [5, 5.41) is 0. The van der Waals surface area contributed by atoms with E-state index < -0.39 is 0 Å². The molecule has 5 heteroatoms. The number of carbonyl (C=O) groups is 1. The van der Waals surface area contributed by atoms with Gasteiger partial charge in [0.2, 0.25) is 5.91 Å². The fourth-order valence-electron chi connectivity index (χ4n) is 5.86. The van der Waals surface area contributed by atoms with Crippen LogP contribution in [0.3, 0.4) is 0 Å². The molecule has 1 aliphatic carbocycles. The Balaban J connectivity index is 1.28. The maximum Gasteiger partial charge on any atom is 0.223 e. The second-order valence-electron chi connectivity index (χ2n) is 8.61. The summed E-state index contributed by atoms with van der Waals surface area (Å²) in [6.07, 6.45) is 7.77. The highest BCUT2D eigenvalue weighted by molar-refractivity contribution is 5.77. The molecule has 1 aromatic carbocycles. The van der Waals surface area contributed by atoms with Crippen molar-refractivity contribution in [2.75, 3.05) is 26.2 Å². The van der Waals surface area contributed by atoms with Crippen LogP contribution in [0.1, 0.15) is 61.0 Å². The smallest absolute Gasteiger partial charge is 0.223 e. The molecule has 1 unspecified atom stereocenters. The van der Waals surface area contributed by atoms with E-state index in [1.165, 1.54) is 22.5 Å². The normalized spacial score (nSPS) is 23.6. The molecule has 1 saturated heterocycles. The standard InChI is InChI=1S/C23H30N4O/c1-2-27-12-9-20-22(25-16-24-20)23(27)10-13-26(14-11-23)21(28)15-18-8-7-17-5-3-4-6-19(17)18/h3-6,16,18H,2,7-15H2,1H3,(H,24,25). The summed E-state index contributed by atoms with van der Waals surface area (Å²) in [7, 11) is 0. The van der Waals surface area contributed by atoms with E-state index >= 15 is 0 Å². The minimum absolute atomic E-state index is 0.0130. The minimum atomic E-state index is 0.0130. The summed E-state index contributed by atoms with van der Waals surface area (Å²) in [4.78, 5) is 25.8. The zero-order valence-corrected chi connectivity index (χ0v) is 16.8. The van der Waals surface area contributed by atoms with Crippen molar-refractivity contribution >= 4 is 5.91 Å². The van der Waals surface area contributed by atoms with Crippen LogP contribution in [0.2, 0.25) is 0 Å². The van der Waals surface area contributed by atoms with Gasteiger partial charge in [0, 0.05) is 38.2 Å². The van der Waals surface area contributed by atoms with Gasteiger partial charge in [0.25, 0.3) is 0 Å². The molecule has 3 aliphatic rings. The van der Waals surface area contributed by atoms with Gasteiger partial charge in [0.1, 0.15) is 0 Å². The van der Waals surface area contributed by atoms with Crippen molar-refractivity contribution in [3.05, 3.63) is 53.1 Å². The SMILES string of the molecule is CCN1CCc2[nH]cnc2C12CCN(C(=O)CC1CCc3ccccc31)CC2. The first-order valence-corrected chi connectivity index (χ1v) is 10.8. The molecule has 2 aromatic rings. The second kappa shape index (κ2) is 7.03. The number of rotatable bonds is 3. The molecule has 0 bridgehead atoms. The number of hydrogen-bond acceptors (Lipinski definition) is 3. The quantitative estimate of drug-likeness (QED) is 0.892. The zero-order chi connectivity index (χ0) is 19.1. The van der Waals surface area contributed by atoms with Crippen LogP contribution < -0.4 is 0 Å². The first-order valence-electron chi connectivity index (χ1n) is 10.8. The Morgan fingerprint density at radius 1 is 1.21 bits per heavy atom. The lowest BCUT2D eigenvalue weighted by atomic mass is 9.78. The van der Waals surface area contributed by atoms with E-state index in [0.29, 0.717) is 18.2 Å². The number of aromatic amines is 1. The first-order chi connectivity index (χ1) is 13.7. The molecule has 28 heavy (non-hydrogen) atoms. The Kier molecular flexibility index (Phi) is 4.50. The van der Waals surface area contributed by atoms with Gasteiger partial charge in [-0.05, 0) is 49.3 Å². The summed E-state index contributed by atoms with van der Waals surface area (Å²) in [6, 6.07) is 8.65. The third-order valence-electron chi connectivity index (χ3n) is 7.40. The molecule has 1 atom stereocenters. The predicted molar refractivity (Wildman–Crippen MR) is 109 cm³/mol. The number of nitrogens with one attached hydrogen (secondary N) is 1. The average Bonchev–Trinajstić information content (AvgIpc) is 3.37. The number of amides is 1. The van der Waals surface area contributed by atoms with Crippen LogP contribution in [-0.2, 0) is 23.2 Å². The lowest BCUT2D eigenvalue weighted by Gasteiger charge is -2.50. The van der Waals surface area contributed by atoms with Crippen molar-refractivity contribution < 1.29 is 4.79 Å². The Morgan fingerprint density at radius 2 is 2.04 bits per heavy atom. The maximum atomic E-state index is 13.1. The highest BCUT2D eigenvalue weighted by Gasteiger charge is 2.46. The zero-order valence-electron chi connectivity index (χ0n) is 16.8. The Bertz CT molecular complexity index is 865. The molecule has 1 aromatic heterocycles. The average molecular weight is 379 g/mol. The molecule has 3 heterocycles. The van der Waals surface area contributed by atoms with Crippen LogP contribution >= 0.6 is 0 Å². The van der Waals surface area contributed by atoms with Gasteiger partial charge in [-0.2, -0.15) is 0 Å². The van der Waals surface area contributed by atoms with Gasteiger partial charge in [-0.25, -0.2) is 4.98 Å². The van der Waals surface area contributed by atoms with E-state index in [1.807, 2.05) is 6.33 Å². The van der Waals surface area contributed by atoms with Crippen molar-refractivity contribution in [3.8, 4) is 0 Å².